The molecule has 1 aliphatic rings. The topological polar surface area (TPSA) is 68.9 Å². The minimum Gasteiger partial charge on any atom is -0.484 e. The molecule has 0 unspecified atom stereocenters. The smallest absolute Gasteiger partial charge is 0.246 e. The largest absolute Gasteiger partial charge is 0.484 e. The highest BCUT2D eigenvalue weighted by atomic mass is 16.5. The number of nitrogens with one attached hydrogen (secondary N) is 1. The molecule has 1 aromatic carbocycles. The van der Waals surface area contributed by atoms with E-state index in [1.807, 2.05) is 0 Å². The van der Waals surface area contributed by atoms with Crippen LogP contribution in [0.1, 0.15) is 0 Å². The lowest BCUT2D eigenvalue weighted by Gasteiger charge is -2.04. The Labute approximate surface area is 81.5 Å². The minimum atomic E-state index is 0.330. The average Bonchev–Trinajstić information content (AvgIpc) is 2.70. The van der Waals surface area contributed by atoms with Crippen LogP contribution in [0.5, 0.6) is 5.75 Å². The summed E-state index contributed by atoms with van der Waals surface area (Å²) in [5.74, 6) is 1.30. The average molecular weight is 193 g/mol. The molecule has 0 amide bonds. The van der Waals surface area contributed by atoms with Crippen LogP contribution in [0, 0.1) is 0 Å². The van der Waals surface area contributed by atoms with Crippen LogP contribution in [0.2, 0.25) is 0 Å². The summed E-state index contributed by atoms with van der Waals surface area (Å²) >= 11 is 0. The van der Waals surface area contributed by atoms with E-state index in [0.717, 1.165) is 5.75 Å². The highest BCUT2D eigenvalue weighted by Gasteiger charge is 2.06. The summed E-state index contributed by atoms with van der Waals surface area (Å²) in [5, 5.41) is 3.86. The molecule has 1 aromatic rings. The van der Waals surface area contributed by atoms with Crippen LogP contribution in [-0.2, 0) is 4.74 Å². The first-order valence-corrected chi connectivity index (χ1v) is 4.25. The Bertz CT molecular complexity index is 334. The lowest BCUT2D eigenvalue weighted by atomic mass is 10.3. The molecule has 0 saturated heterocycles. The molecular weight excluding hydrogens is 182 g/mol. The molecule has 1 aliphatic heterocycles. The number of benzene rings is 1. The van der Waals surface area contributed by atoms with Gasteiger partial charge in [0.25, 0.3) is 0 Å². The van der Waals surface area contributed by atoms with Gasteiger partial charge in [0.15, 0.2) is 13.3 Å². The van der Waals surface area contributed by atoms with Crippen LogP contribution >= 0.6 is 0 Å². The second kappa shape index (κ2) is 3.87. The number of nitrogens with zero attached hydrogens (tertiary/aromatic N) is 1. The third-order valence-electron chi connectivity index (χ3n) is 1.75. The van der Waals surface area contributed by atoms with Crippen molar-refractivity contribution in [3.63, 3.8) is 0 Å². The summed E-state index contributed by atoms with van der Waals surface area (Å²) in [6.07, 6.45) is 0. The van der Waals surface area contributed by atoms with Gasteiger partial charge in [-0.05, 0) is 24.3 Å². The molecule has 0 bridgehead atoms. The van der Waals surface area contributed by atoms with Crippen molar-refractivity contribution in [1.82, 2.24) is 5.43 Å². The molecule has 3 N–H and O–H groups in total. The van der Waals surface area contributed by atoms with E-state index in [1.54, 1.807) is 24.3 Å². The van der Waals surface area contributed by atoms with Gasteiger partial charge in [0, 0.05) is 5.69 Å². The van der Waals surface area contributed by atoms with Gasteiger partial charge in [0.1, 0.15) is 5.75 Å². The molecule has 0 fully saturated rings. The van der Waals surface area contributed by atoms with Gasteiger partial charge in [-0.3, -0.25) is 5.43 Å². The zero-order valence-corrected chi connectivity index (χ0v) is 7.56. The maximum atomic E-state index is 5.53. The third-order valence-corrected chi connectivity index (χ3v) is 1.75. The number of hydrogen-bond acceptors (Lipinski definition) is 5. The molecule has 0 radical (unpaired) electrons. The molecule has 14 heavy (non-hydrogen) atoms. The van der Waals surface area contributed by atoms with Gasteiger partial charge in [0.2, 0.25) is 5.90 Å². The number of ether oxygens (including phenoxy) is 2. The number of hydrazone groups is 1. The summed E-state index contributed by atoms with van der Waals surface area (Å²) in [6, 6.07) is 7.17. The Morgan fingerprint density at radius 3 is 2.86 bits per heavy atom. The summed E-state index contributed by atoms with van der Waals surface area (Å²) in [6.45, 7) is 0.747. The number of anilines is 1. The normalized spacial score (nSPS) is 14.1. The summed E-state index contributed by atoms with van der Waals surface area (Å²) in [4.78, 5) is 0. The van der Waals surface area contributed by atoms with Gasteiger partial charge in [0.05, 0.1) is 0 Å². The van der Waals surface area contributed by atoms with Crippen molar-refractivity contribution in [3.8, 4) is 5.75 Å². The zero-order valence-electron chi connectivity index (χ0n) is 7.56. The molecule has 0 aromatic heterocycles. The maximum Gasteiger partial charge on any atom is 0.246 e. The van der Waals surface area contributed by atoms with E-state index in [9.17, 15) is 0 Å². The van der Waals surface area contributed by atoms with Gasteiger partial charge in [-0.15, -0.1) is 5.10 Å². The van der Waals surface area contributed by atoms with Gasteiger partial charge >= 0.3 is 0 Å². The van der Waals surface area contributed by atoms with Crippen molar-refractivity contribution in [3.05, 3.63) is 24.3 Å². The SMILES string of the molecule is Nc1ccc(OCC2=NNCO2)cc1. The number of hydrogen-bond donors (Lipinski definition) is 2. The standard InChI is InChI=1S/C9H11N3O2/c10-7-1-3-8(4-2-7)13-5-9-12-11-6-14-9/h1-4,11H,5-6,10H2. The fraction of sp³-hybridized carbons (Fsp3) is 0.222. The first-order chi connectivity index (χ1) is 6.84. The number of rotatable bonds is 3. The fourth-order valence-electron chi connectivity index (χ4n) is 1.05. The van der Waals surface area contributed by atoms with Gasteiger partial charge < -0.3 is 15.2 Å². The second-order valence-electron chi connectivity index (χ2n) is 2.81. The van der Waals surface area contributed by atoms with Gasteiger partial charge in [-0.1, -0.05) is 0 Å². The molecule has 0 aliphatic carbocycles. The quantitative estimate of drug-likeness (QED) is 0.687. The zero-order chi connectivity index (χ0) is 9.80. The summed E-state index contributed by atoms with van der Waals surface area (Å²) in [5.41, 5.74) is 8.93. The van der Waals surface area contributed by atoms with Crippen molar-refractivity contribution >= 4 is 11.6 Å². The van der Waals surface area contributed by atoms with E-state index in [1.165, 1.54) is 0 Å². The van der Waals surface area contributed by atoms with Crippen molar-refractivity contribution in [2.45, 2.75) is 0 Å². The Morgan fingerprint density at radius 2 is 2.21 bits per heavy atom. The lowest BCUT2D eigenvalue weighted by Crippen LogP contribution is -2.11. The van der Waals surface area contributed by atoms with Crippen LogP contribution in [0.3, 0.4) is 0 Å². The van der Waals surface area contributed by atoms with E-state index < -0.39 is 0 Å². The molecule has 0 spiro atoms. The van der Waals surface area contributed by atoms with Crippen LogP contribution in [-0.4, -0.2) is 19.2 Å². The molecule has 0 saturated carbocycles. The Kier molecular flexibility index (Phi) is 2.40. The predicted octanol–water partition coefficient (Wildman–Crippen LogP) is 0.538. The first-order valence-electron chi connectivity index (χ1n) is 4.25. The lowest BCUT2D eigenvalue weighted by molar-refractivity contribution is 0.277. The van der Waals surface area contributed by atoms with E-state index in [4.69, 9.17) is 15.2 Å². The van der Waals surface area contributed by atoms with Crippen LogP contribution in [0.25, 0.3) is 0 Å². The Hall–Kier alpha value is -1.91. The maximum absolute atomic E-state index is 5.53. The highest BCUT2D eigenvalue weighted by Crippen LogP contribution is 2.13. The van der Waals surface area contributed by atoms with Crippen LogP contribution in [0.15, 0.2) is 29.4 Å². The molecule has 1 heterocycles. The van der Waals surface area contributed by atoms with E-state index in [-0.39, 0.29) is 0 Å². The monoisotopic (exact) mass is 193 g/mol. The molecule has 74 valence electrons. The van der Waals surface area contributed by atoms with E-state index >= 15 is 0 Å². The van der Waals surface area contributed by atoms with Crippen molar-refractivity contribution in [2.75, 3.05) is 19.1 Å². The Balaban J connectivity index is 1.88. The second-order valence-corrected chi connectivity index (χ2v) is 2.81. The van der Waals surface area contributed by atoms with E-state index in [2.05, 4.69) is 10.5 Å². The highest BCUT2D eigenvalue weighted by molar-refractivity contribution is 5.78. The van der Waals surface area contributed by atoms with Gasteiger partial charge in [-0.2, -0.15) is 0 Å². The van der Waals surface area contributed by atoms with Crippen molar-refractivity contribution in [2.24, 2.45) is 5.10 Å². The molecule has 5 nitrogen and oxygen atoms in total. The predicted molar refractivity (Wildman–Crippen MR) is 52.9 cm³/mol. The summed E-state index contributed by atoms with van der Waals surface area (Å²) < 4.78 is 10.5. The number of nitrogens with two attached hydrogens (primary N) is 1. The minimum absolute atomic E-state index is 0.330. The first kappa shape index (κ1) is 8.68. The molecule has 5 heteroatoms. The molecule has 2 rings (SSSR count). The van der Waals surface area contributed by atoms with Crippen molar-refractivity contribution < 1.29 is 9.47 Å². The van der Waals surface area contributed by atoms with Gasteiger partial charge in [-0.25, -0.2) is 0 Å². The van der Waals surface area contributed by atoms with Crippen LogP contribution < -0.4 is 15.9 Å². The third kappa shape index (κ3) is 2.07. The molecule has 0 atom stereocenters. The fourth-order valence-corrected chi connectivity index (χ4v) is 1.05. The Morgan fingerprint density at radius 1 is 1.43 bits per heavy atom. The van der Waals surface area contributed by atoms with Crippen molar-refractivity contribution in [1.29, 1.82) is 0 Å². The molecular formula is C9H11N3O2. The van der Waals surface area contributed by atoms with Crippen LogP contribution in [0.4, 0.5) is 5.69 Å². The summed E-state index contributed by atoms with van der Waals surface area (Å²) in [7, 11) is 0. The van der Waals surface area contributed by atoms with E-state index in [0.29, 0.717) is 24.9 Å². The number of nitrogen functional groups attached to an aromatic ring is 1.